The number of carbonyl (C=O) groups is 1. The van der Waals surface area contributed by atoms with E-state index in [4.69, 9.17) is 16.4 Å². The van der Waals surface area contributed by atoms with E-state index in [1.165, 1.54) is 19.3 Å². The van der Waals surface area contributed by atoms with Crippen molar-refractivity contribution < 1.29 is 9.90 Å². The second-order valence-corrected chi connectivity index (χ2v) is 12.5. The first-order valence-electron chi connectivity index (χ1n) is 14.2. The van der Waals surface area contributed by atoms with Crippen molar-refractivity contribution in [2.24, 2.45) is 17.8 Å². The number of anilines is 1. The van der Waals surface area contributed by atoms with Gasteiger partial charge in [-0.15, -0.1) is 12.3 Å². The van der Waals surface area contributed by atoms with Crippen LogP contribution in [0.3, 0.4) is 0 Å². The molecule has 0 aliphatic heterocycles. The van der Waals surface area contributed by atoms with Crippen LogP contribution < -0.4 is 4.90 Å². The maximum atomic E-state index is 12.1. The maximum absolute atomic E-state index is 12.1. The summed E-state index contributed by atoms with van der Waals surface area (Å²) < 4.78 is 2.20. The Morgan fingerprint density at radius 3 is 2.49 bits per heavy atom. The van der Waals surface area contributed by atoms with E-state index in [1.54, 1.807) is 0 Å². The number of hydrogen-bond acceptors (Lipinski definition) is 6. The number of imidazole rings is 1. The predicted molar refractivity (Wildman–Crippen MR) is 154 cm³/mol. The molecule has 3 heterocycles. The molecule has 8 nitrogen and oxygen atoms in total. The number of rotatable bonds is 7. The Morgan fingerprint density at radius 2 is 1.90 bits per heavy atom. The van der Waals surface area contributed by atoms with Gasteiger partial charge in [0.15, 0.2) is 17.3 Å². The summed E-state index contributed by atoms with van der Waals surface area (Å²) in [5.74, 6) is 4.22. The number of fused-ring (bicyclic) bond motifs is 1. The molecule has 0 bridgehead atoms. The summed E-state index contributed by atoms with van der Waals surface area (Å²) in [5, 5.41) is 9.88. The van der Waals surface area contributed by atoms with Crippen molar-refractivity contribution in [1.29, 1.82) is 0 Å². The standard InChI is InChI=1S/C31H40N6O2/c1-7-20-11-13-21(14-12-20)18-37-25-26(34-28(37)24-17-23(15-16-32-24)31(3,4)5)33-27(30(38)39)35-29(25)36(6)19(2)22-9-8-10-22/h1,15-17,19-22H,8-14,18H2,2-6H3,(H,38,39). The van der Waals surface area contributed by atoms with E-state index in [0.29, 0.717) is 35.0 Å². The molecule has 1 unspecified atom stereocenters. The van der Waals surface area contributed by atoms with E-state index < -0.39 is 5.97 Å². The van der Waals surface area contributed by atoms with Crippen LogP contribution in [0.25, 0.3) is 22.7 Å². The van der Waals surface area contributed by atoms with Gasteiger partial charge in [0.1, 0.15) is 11.2 Å². The first-order chi connectivity index (χ1) is 18.6. The van der Waals surface area contributed by atoms with Gasteiger partial charge in [-0.3, -0.25) is 4.98 Å². The number of terminal acetylenes is 1. The van der Waals surface area contributed by atoms with E-state index in [0.717, 1.165) is 49.0 Å². The minimum atomic E-state index is -1.15. The van der Waals surface area contributed by atoms with Gasteiger partial charge in [-0.05, 0) is 80.4 Å². The second-order valence-electron chi connectivity index (χ2n) is 12.5. The van der Waals surface area contributed by atoms with Gasteiger partial charge in [-0.25, -0.2) is 19.7 Å². The summed E-state index contributed by atoms with van der Waals surface area (Å²) in [6, 6.07) is 4.36. The van der Waals surface area contributed by atoms with Crippen LogP contribution >= 0.6 is 0 Å². The molecule has 3 aromatic heterocycles. The Kier molecular flexibility index (Phi) is 7.37. The average molecular weight is 529 g/mol. The molecule has 0 radical (unpaired) electrons. The molecule has 1 atom stereocenters. The lowest BCUT2D eigenvalue weighted by molar-refractivity contribution is 0.0684. The van der Waals surface area contributed by atoms with Crippen LogP contribution in [0.1, 0.15) is 88.8 Å². The minimum absolute atomic E-state index is 0.0536. The van der Waals surface area contributed by atoms with E-state index in [-0.39, 0.29) is 17.3 Å². The van der Waals surface area contributed by atoms with Crippen LogP contribution in [0.5, 0.6) is 0 Å². The van der Waals surface area contributed by atoms with Gasteiger partial charge < -0.3 is 14.6 Å². The predicted octanol–water partition coefficient (Wildman–Crippen LogP) is 5.95. The van der Waals surface area contributed by atoms with Crippen molar-refractivity contribution >= 4 is 23.0 Å². The fourth-order valence-corrected chi connectivity index (χ4v) is 5.95. The lowest BCUT2D eigenvalue weighted by Crippen LogP contribution is -2.39. The Morgan fingerprint density at radius 1 is 1.18 bits per heavy atom. The smallest absolute Gasteiger partial charge is 0.374 e. The molecule has 1 N–H and O–H groups in total. The van der Waals surface area contributed by atoms with Gasteiger partial charge >= 0.3 is 5.97 Å². The maximum Gasteiger partial charge on any atom is 0.374 e. The first-order valence-corrected chi connectivity index (χ1v) is 14.2. The number of aromatic nitrogens is 5. The SMILES string of the molecule is C#CC1CCC(Cn2c(-c3cc(C(C)(C)C)ccn3)nc3nc(C(=O)O)nc(N(C)C(C)C4CCC4)c32)CC1. The highest BCUT2D eigenvalue weighted by atomic mass is 16.4. The highest BCUT2D eigenvalue weighted by Crippen LogP contribution is 2.38. The minimum Gasteiger partial charge on any atom is -0.475 e. The van der Waals surface area contributed by atoms with Crippen LogP contribution in [-0.4, -0.2) is 48.7 Å². The fraction of sp³-hybridized carbons (Fsp3) is 0.581. The Balaban J connectivity index is 1.69. The summed E-state index contributed by atoms with van der Waals surface area (Å²) in [6.45, 7) is 9.48. The Hall–Kier alpha value is -3.47. The van der Waals surface area contributed by atoms with Crippen LogP contribution in [0.2, 0.25) is 0 Å². The first kappa shape index (κ1) is 27.1. The van der Waals surface area contributed by atoms with Crippen LogP contribution in [0.15, 0.2) is 18.3 Å². The van der Waals surface area contributed by atoms with Crippen molar-refractivity contribution in [3.63, 3.8) is 0 Å². The summed E-state index contributed by atoms with van der Waals surface area (Å²) in [6.07, 6.45) is 15.3. The largest absolute Gasteiger partial charge is 0.475 e. The highest BCUT2D eigenvalue weighted by Gasteiger charge is 2.32. The third-order valence-electron chi connectivity index (χ3n) is 8.93. The number of hydrogen-bond donors (Lipinski definition) is 1. The van der Waals surface area contributed by atoms with Gasteiger partial charge in [-0.1, -0.05) is 27.2 Å². The van der Waals surface area contributed by atoms with Gasteiger partial charge in [-0.2, -0.15) is 0 Å². The number of carboxylic acids is 1. The molecular weight excluding hydrogens is 488 g/mol. The number of nitrogens with zero attached hydrogens (tertiary/aromatic N) is 6. The molecule has 2 fully saturated rings. The zero-order chi connectivity index (χ0) is 27.9. The quantitative estimate of drug-likeness (QED) is 0.379. The molecular formula is C31H40N6O2. The van der Waals surface area contributed by atoms with Crippen molar-refractivity contribution in [1.82, 2.24) is 24.5 Å². The molecule has 3 aromatic rings. The Bertz CT molecular complexity index is 1400. The Labute approximate surface area is 231 Å². The molecule has 2 aliphatic rings. The van der Waals surface area contributed by atoms with Crippen LogP contribution in [0.4, 0.5) is 5.82 Å². The van der Waals surface area contributed by atoms with Crippen molar-refractivity contribution in [3.05, 3.63) is 29.7 Å². The topological polar surface area (TPSA) is 97.0 Å². The molecule has 206 valence electrons. The molecule has 2 saturated carbocycles. The van der Waals surface area contributed by atoms with E-state index in [2.05, 4.69) is 59.1 Å². The van der Waals surface area contributed by atoms with E-state index in [1.807, 2.05) is 19.3 Å². The van der Waals surface area contributed by atoms with E-state index >= 15 is 0 Å². The average Bonchev–Trinajstić information content (AvgIpc) is 3.25. The molecule has 0 amide bonds. The van der Waals surface area contributed by atoms with Crippen molar-refractivity contribution in [2.75, 3.05) is 11.9 Å². The zero-order valence-corrected chi connectivity index (χ0v) is 23.8. The van der Waals surface area contributed by atoms with Crippen molar-refractivity contribution in [2.45, 2.75) is 90.6 Å². The lowest BCUT2D eigenvalue weighted by Gasteiger charge is -2.38. The van der Waals surface area contributed by atoms with Gasteiger partial charge in [0.05, 0.1) is 0 Å². The molecule has 0 spiro atoms. The number of aromatic carboxylic acids is 1. The summed E-state index contributed by atoms with van der Waals surface area (Å²) in [4.78, 5) is 32.9. The van der Waals surface area contributed by atoms with Gasteiger partial charge in [0.25, 0.3) is 0 Å². The highest BCUT2D eigenvalue weighted by molar-refractivity contribution is 5.92. The van der Waals surface area contributed by atoms with Crippen LogP contribution in [0, 0.1) is 30.1 Å². The summed E-state index contributed by atoms with van der Waals surface area (Å²) in [7, 11) is 2.02. The summed E-state index contributed by atoms with van der Waals surface area (Å²) >= 11 is 0. The third kappa shape index (κ3) is 5.36. The number of pyridine rings is 1. The monoisotopic (exact) mass is 528 g/mol. The molecule has 0 aromatic carbocycles. The normalized spacial score (nSPS) is 20.8. The molecule has 2 aliphatic carbocycles. The zero-order valence-electron chi connectivity index (χ0n) is 23.8. The molecule has 8 heteroatoms. The van der Waals surface area contributed by atoms with Gasteiger partial charge in [0, 0.05) is 31.7 Å². The number of carboxylic acid groups (broad SMARTS) is 1. The van der Waals surface area contributed by atoms with Crippen molar-refractivity contribution in [3.8, 4) is 23.9 Å². The third-order valence-corrected chi connectivity index (χ3v) is 8.93. The van der Waals surface area contributed by atoms with Crippen LogP contribution in [-0.2, 0) is 12.0 Å². The molecule has 5 rings (SSSR count). The second kappa shape index (κ2) is 10.6. The molecule has 39 heavy (non-hydrogen) atoms. The van der Waals surface area contributed by atoms with Gasteiger partial charge in [0.2, 0.25) is 5.82 Å². The fourth-order valence-electron chi connectivity index (χ4n) is 5.95. The lowest BCUT2D eigenvalue weighted by atomic mass is 9.80. The summed E-state index contributed by atoms with van der Waals surface area (Å²) in [5.41, 5.74) is 3.05. The molecule has 0 saturated heterocycles. The van der Waals surface area contributed by atoms with E-state index in [9.17, 15) is 9.90 Å².